The molecule has 5 rings (SSSR count). The fourth-order valence-electron chi connectivity index (χ4n) is 4.73. The number of ether oxygens (including phenoxy) is 2. The van der Waals surface area contributed by atoms with Crippen LogP contribution in [0.4, 0.5) is 5.69 Å². The van der Waals surface area contributed by atoms with Crippen LogP contribution in [0.1, 0.15) is 41.9 Å². The Hall–Kier alpha value is -3.13. The molecular weight excluding hydrogens is 404 g/mol. The average Bonchev–Trinajstić information content (AvgIpc) is 3.46. The molecule has 1 fully saturated rings. The molecule has 0 radical (unpaired) electrons. The summed E-state index contributed by atoms with van der Waals surface area (Å²) >= 11 is 0. The Morgan fingerprint density at radius 3 is 2.62 bits per heavy atom. The van der Waals surface area contributed by atoms with E-state index in [4.69, 9.17) is 9.47 Å². The monoisotopic (exact) mass is 434 g/mol. The minimum Gasteiger partial charge on any atom is -0.454 e. The lowest BCUT2D eigenvalue weighted by Gasteiger charge is -2.40. The first kappa shape index (κ1) is 20.8. The summed E-state index contributed by atoms with van der Waals surface area (Å²) in [5, 5.41) is 12.7. The Labute approximate surface area is 188 Å². The maximum atomic E-state index is 5.52. The first-order valence-corrected chi connectivity index (χ1v) is 11.3. The van der Waals surface area contributed by atoms with Gasteiger partial charge in [-0.25, -0.2) is 4.68 Å². The first-order chi connectivity index (χ1) is 15.6. The number of fused-ring (bicyclic) bond motifs is 1. The second-order valence-corrected chi connectivity index (χ2v) is 8.55. The van der Waals surface area contributed by atoms with E-state index < -0.39 is 0 Å². The van der Waals surface area contributed by atoms with Crippen LogP contribution in [0.5, 0.6) is 11.5 Å². The van der Waals surface area contributed by atoms with Gasteiger partial charge >= 0.3 is 0 Å². The predicted molar refractivity (Wildman–Crippen MR) is 122 cm³/mol. The van der Waals surface area contributed by atoms with E-state index in [1.807, 2.05) is 22.9 Å². The molecule has 1 atom stereocenters. The maximum Gasteiger partial charge on any atom is 0.231 e. The summed E-state index contributed by atoms with van der Waals surface area (Å²) in [7, 11) is 0. The second-order valence-electron chi connectivity index (χ2n) is 8.55. The molecule has 2 aliphatic heterocycles. The highest BCUT2D eigenvalue weighted by Crippen LogP contribution is 2.33. The lowest BCUT2D eigenvalue weighted by atomic mass is 10.1. The highest BCUT2D eigenvalue weighted by molar-refractivity contribution is 5.56. The van der Waals surface area contributed by atoms with Crippen LogP contribution in [-0.2, 0) is 6.54 Å². The van der Waals surface area contributed by atoms with Crippen molar-refractivity contribution in [1.82, 2.24) is 25.1 Å². The summed E-state index contributed by atoms with van der Waals surface area (Å²) in [5.41, 5.74) is 5.17. The number of nitrogens with zero attached hydrogens (tertiary/aromatic N) is 6. The van der Waals surface area contributed by atoms with Gasteiger partial charge in [0.2, 0.25) is 6.79 Å². The zero-order chi connectivity index (χ0) is 22.1. The van der Waals surface area contributed by atoms with E-state index in [-0.39, 0.29) is 12.8 Å². The fourth-order valence-corrected chi connectivity index (χ4v) is 4.73. The maximum absolute atomic E-state index is 5.52. The third kappa shape index (κ3) is 3.90. The van der Waals surface area contributed by atoms with Gasteiger partial charge in [0.1, 0.15) is 0 Å². The summed E-state index contributed by atoms with van der Waals surface area (Å²) in [5.74, 6) is 2.50. The van der Waals surface area contributed by atoms with E-state index in [1.54, 1.807) is 0 Å². The number of hydrogen-bond acceptors (Lipinski definition) is 7. The van der Waals surface area contributed by atoms with E-state index in [2.05, 4.69) is 64.3 Å². The SMILES string of the molecule is CCC(c1nnnn1Cc1ccc2c(c1)OCO2)N1CCN(c2cccc(C)c2C)CC1. The first-order valence-electron chi connectivity index (χ1n) is 11.3. The van der Waals surface area contributed by atoms with Gasteiger partial charge in [0, 0.05) is 31.9 Å². The summed E-state index contributed by atoms with van der Waals surface area (Å²) in [6.45, 7) is 11.5. The molecule has 3 heterocycles. The number of piperazine rings is 1. The zero-order valence-electron chi connectivity index (χ0n) is 19.0. The molecule has 32 heavy (non-hydrogen) atoms. The summed E-state index contributed by atoms with van der Waals surface area (Å²) in [6, 6.07) is 12.8. The number of hydrogen-bond donors (Lipinski definition) is 0. The number of aryl methyl sites for hydroxylation is 1. The Morgan fingerprint density at radius 2 is 1.81 bits per heavy atom. The number of tetrazole rings is 1. The Kier molecular flexibility index (Phi) is 5.70. The number of anilines is 1. The summed E-state index contributed by atoms with van der Waals surface area (Å²) < 4.78 is 12.9. The Morgan fingerprint density at radius 1 is 1.00 bits per heavy atom. The number of rotatable bonds is 6. The topological polar surface area (TPSA) is 68.5 Å². The number of benzene rings is 2. The molecule has 8 heteroatoms. The highest BCUT2D eigenvalue weighted by atomic mass is 16.7. The normalized spacial score (nSPS) is 17.0. The van der Waals surface area contributed by atoms with Crippen molar-refractivity contribution in [1.29, 1.82) is 0 Å². The standard InChI is InChI=1S/C24H30N6O2/c1-4-20(28-10-12-29(13-11-28)21-7-5-6-17(2)18(21)3)24-25-26-27-30(24)15-19-8-9-22-23(14-19)32-16-31-22/h5-9,14,20H,4,10-13,15-16H2,1-3H3. The quantitative estimate of drug-likeness (QED) is 0.589. The third-order valence-electron chi connectivity index (χ3n) is 6.69. The van der Waals surface area contributed by atoms with Crippen molar-refractivity contribution in [3.05, 3.63) is 58.9 Å². The summed E-state index contributed by atoms with van der Waals surface area (Å²) in [6.07, 6.45) is 0.963. The third-order valence-corrected chi connectivity index (χ3v) is 6.69. The van der Waals surface area contributed by atoms with Crippen LogP contribution in [-0.4, -0.2) is 58.1 Å². The van der Waals surface area contributed by atoms with Crippen molar-refractivity contribution in [3.8, 4) is 11.5 Å². The molecule has 0 N–H and O–H groups in total. The van der Waals surface area contributed by atoms with Crippen LogP contribution >= 0.6 is 0 Å². The lowest BCUT2D eigenvalue weighted by molar-refractivity contribution is 0.169. The van der Waals surface area contributed by atoms with Crippen LogP contribution in [0, 0.1) is 13.8 Å². The van der Waals surface area contributed by atoms with Gasteiger partial charge in [0.25, 0.3) is 0 Å². The lowest BCUT2D eigenvalue weighted by Crippen LogP contribution is -2.48. The van der Waals surface area contributed by atoms with Gasteiger partial charge in [-0.3, -0.25) is 4.90 Å². The van der Waals surface area contributed by atoms with E-state index >= 15 is 0 Å². The van der Waals surface area contributed by atoms with E-state index in [0.29, 0.717) is 6.54 Å². The minimum absolute atomic E-state index is 0.194. The molecule has 1 saturated heterocycles. The highest BCUT2D eigenvalue weighted by Gasteiger charge is 2.28. The molecule has 168 valence electrons. The van der Waals surface area contributed by atoms with Crippen LogP contribution in [0.25, 0.3) is 0 Å². The minimum atomic E-state index is 0.194. The van der Waals surface area contributed by atoms with Gasteiger partial charge in [-0.05, 0) is 65.6 Å². The molecule has 0 aliphatic carbocycles. The van der Waals surface area contributed by atoms with Gasteiger partial charge in [-0.2, -0.15) is 0 Å². The van der Waals surface area contributed by atoms with Crippen LogP contribution in [0.2, 0.25) is 0 Å². The molecule has 0 amide bonds. The van der Waals surface area contributed by atoms with E-state index in [0.717, 1.165) is 55.5 Å². The molecule has 8 nitrogen and oxygen atoms in total. The van der Waals surface area contributed by atoms with Crippen molar-refractivity contribution in [2.75, 3.05) is 37.9 Å². The van der Waals surface area contributed by atoms with Crippen LogP contribution in [0.15, 0.2) is 36.4 Å². The predicted octanol–water partition coefficient (Wildman–Crippen LogP) is 3.34. The second kappa shape index (κ2) is 8.78. The smallest absolute Gasteiger partial charge is 0.231 e. The van der Waals surface area contributed by atoms with Crippen LogP contribution in [0.3, 0.4) is 0 Å². The van der Waals surface area contributed by atoms with Gasteiger partial charge in [-0.1, -0.05) is 25.1 Å². The summed E-state index contributed by atoms with van der Waals surface area (Å²) in [4.78, 5) is 5.02. The van der Waals surface area contributed by atoms with Gasteiger partial charge in [0.05, 0.1) is 12.6 Å². The van der Waals surface area contributed by atoms with Crippen molar-refractivity contribution in [2.45, 2.75) is 39.8 Å². The molecule has 1 aromatic heterocycles. The molecule has 0 spiro atoms. The van der Waals surface area contributed by atoms with Gasteiger partial charge in [0.15, 0.2) is 17.3 Å². The number of aromatic nitrogens is 4. The van der Waals surface area contributed by atoms with Gasteiger partial charge in [-0.15, -0.1) is 5.10 Å². The van der Waals surface area contributed by atoms with E-state index in [1.165, 1.54) is 16.8 Å². The fraction of sp³-hybridized carbons (Fsp3) is 0.458. The van der Waals surface area contributed by atoms with E-state index in [9.17, 15) is 0 Å². The van der Waals surface area contributed by atoms with Crippen LogP contribution < -0.4 is 14.4 Å². The Balaban J connectivity index is 1.29. The molecule has 2 aliphatic rings. The van der Waals surface area contributed by atoms with Crippen molar-refractivity contribution in [3.63, 3.8) is 0 Å². The molecule has 3 aromatic rings. The molecule has 2 aromatic carbocycles. The molecule has 1 unspecified atom stereocenters. The van der Waals surface area contributed by atoms with Crippen molar-refractivity contribution >= 4 is 5.69 Å². The largest absolute Gasteiger partial charge is 0.454 e. The average molecular weight is 435 g/mol. The van der Waals surface area contributed by atoms with Gasteiger partial charge < -0.3 is 14.4 Å². The Bertz CT molecular complexity index is 1090. The molecule has 0 saturated carbocycles. The molecule has 0 bridgehead atoms. The van der Waals surface area contributed by atoms with Crippen molar-refractivity contribution < 1.29 is 9.47 Å². The zero-order valence-corrected chi connectivity index (χ0v) is 19.0. The molecular formula is C24H30N6O2. The van der Waals surface area contributed by atoms with Crippen molar-refractivity contribution in [2.24, 2.45) is 0 Å².